The second-order valence-electron chi connectivity index (χ2n) is 6.16. The predicted molar refractivity (Wildman–Crippen MR) is 90.6 cm³/mol. The minimum absolute atomic E-state index is 0.00243. The Hall–Kier alpha value is -1.82. The van der Waals surface area contributed by atoms with Crippen LogP contribution in [0.15, 0.2) is 23.1 Å². The van der Waals surface area contributed by atoms with Crippen molar-refractivity contribution in [3.05, 3.63) is 28.7 Å². The van der Waals surface area contributed by atoms with Crippen molar-refractivity contribution in [3.8, 4) is 0 Å². The number of aliphatic hydroxyl groups excluding tert-OH is 1. The van der Waals surface area contributed by atoms with Crippen LogP contribution in [0.1, 0.15) is 45.4 Å². The Morgan fingerprint density at radius 1 is 1.35 bits per heavy atom. The summed E-state index contributed by atoms with van der Waals surface area (Å²) in [5.74, 6) is 0.436. The molecule has 0 aromatic carbocycles. The smallest absolute Gasteiger partial charge is 0.319 e. The third kappa shape index (κ3) is 5.10. The standard InChI is InChI=1S/C17H27N3O3/c1-2-20-12-14(8-9-16(20)22)18-17(23)19-15(10-11-21)13-6-4-3-5-7-13/h8-9,12-13,15,21H,2-7,10-11H2,1H3,(H2,18,19,23). The molecule has 0 radical (unpaired) electrons. The molecule has 1 saturated carbocycles. The van der Waals surface area contributed by atoms with Crippen LogP contribution < -0.4 is 16.2 Å². The lowest BCUT2D eigenvalue weighted by Gasteiger charge is -2.30. The molecule has 2 amide bonds. The number of anilines is 1. The molecule has 0 saturated heterocycles. The van der Waals surface area contributed by atoms with E-state index < -0.39 is 0 Å². The molecule has 3 N–H and O–H groups in total. The average Bonchev–Trinajstić information content (AvgIpc) is 2.57. The van der Waals surface area contributed by atoms with Crippen molar-refractivity contribution in [2.24, 2.45) is 5.92 Å². The SMILES string of the molecule is CCn1cc(NC(=O)NC(CCO)C2CCCCC2)ccc1=O. The number of carbonyl (C=O) groups excluding carboxylic acids is 1. The lowest BCUT2D eigenvalue weighted by atomic mass is 9.83. The Morgan fingerprint density at radius 3 is 2.74 bits per heavy atom. The van der Waals surface area contributed by atoms with Gasteiger partial charge in [-0.15, -0.1) is 0 Å². The lowest BCUT2D eigenvalue weighted by molar-refractivity contribution is 0.202. The minimum atomic E-state index is -0.282. The first-order valence-corrected chi connectivity index (χ1v) is 8.53. The van der Waals surface area contributed by atoms with E-state index in [1.165, 1.54) is 25.3 Å². The number of aryl methyl sites for hydroxylation is 1. The Morgan fingerprint density at radius 2 is 2.09 bits per heavy atom. The number of hydrogen-bond donors (Lipinski definition) is 3. The Labute approximate surface area is 136 Å². The van der Waals surface area contributed by atoms with Gasteiger partial charge in [0, 0.05) is 31.5 Å². The van der Waals surface area contributed by atoms with E-state index in [1.54, 1.807) is 16.8 Å². The number of nitrogens with one attached hydrogen (secondary N) is 2. The van der Waals surface area contributed by atoms with Gasteiger partial charge < -0.3 is 20.3 Å². The third-order valence-electron chi connectivity index (χ3n) is 4.56. The van der Waals surface area contributed by atoms with Crippen LogP contribution in [0.2, 0.25) is 0 Å². The van der Waals surface area contributed by atoms with Gasteiger partial charge in [0.05, 0.1) is 5.69 Å². The molecule has 1 unspecified atom stereocenters. The molecule has 1 aromatic heterocycles. The fourth-order valence-electron chi connectivity index (χ4n) is 3.29. The Balaban J connectivity index is 1.96. The van der Waals surface area contributed by atoms with Crippen LogP contribution in [0.4, 0.5) is 10.5 Å². The molecule has 1 aromatic rings. The summed E-state index contributed by atoms with van der Waals surface area (Å²) in [5.41, 5.74) is 0.508. The normalized spacial score (nSPS) is 16.8. The van der Waals surface area contributed by atoms with Crippen LogP contribution in [-0.4, -0.2) is 28.4 Å². The number of amides is 2. The zero-order chi connectivity index (χ0) is 16.7. The van der Waals surface area contributed by atoms with Crippen LogP contribution in [0.5, 0.6) is 0 Å². The van der Waals surface area contributed by atoms with E-state index >= 15 is 0 Å². The number of nitrogens with zero attached hydrogens (tertiary/aromatic N) is 1. The molecule has 0 aliphatic heterocycles. The topological polar surface area (TPSA) is 83.4 Å². The number of rotatable bonds is 6. The van der Waals surface area contributed by atoms with E-state index in [-0.39, 0.29) is 24.2 Å². The molecular formula is C17H27N3O3. The maximum atomic E-state index is 12.2. The van der Waals surface area contributed by atoms with Crippen LogP contribution >= 0.6 is 0 Å². The monoisotopic (exact) mass is 321 g/mol. The summed E-state index contributed by atoms with van der Waals surface area (Å²) in [7, 11) is 0. The number of aliphatic hydroxyl groups is 1. The molecule has 6 heteroatoms. The van der Waals surface area contributed by atoms with E-state index in [4.69, 9.17) is 0 Å². The van der Waals surface area contributed by atoms with E-state index in [0.29, 0.717) is 24.6 Å². The molecule has 1 aliphatic carbocycles. The first-order chi connectivity index (χ1) is 11.1. The highest BCUT2D eigenvalue weighted by molar-refractivity contribution is 5.89. The van der Waals surface area contributed by atoms with Crippen molar-refractivity contribution in [1.82, 2.24) is 9.88 Å². The Kier molecular flexibility index (Phi) is 6.65. The van der Waals surface area contributed by atoms with Crippen molar-refractivity contribution in [2.75, 3.05) is 11.9 Å². The number of aromatic nitrogens is 1. The van der Waals surface area contributed by atoms with Crippen molar-refractivity contribution in [3.63, 3.8) is 0 Å². The van der Waals surface area contributed by atoms with Gasteiger partial charge in [-0.1, -0.05) is 19.3 Å². The van der Waals surface area contributed by atoms with Gasteiger partial charge in [-0.3, -0.25) is 4.79 Å². The van der Waals surface area contributed by atoms with Gasteiger partial charge in [0.2, 0.25) is 0 Å². The van der Waals surface area contributed by atoms with E-state index in [0.717, 1.165) is 12.8 Å². The predicted octanol–water partition coefficient (Wildman–Crippen LogP) is 2.32. The van der Waals surface area contributed by atoms with Crippen molar-refractivity contribution in [2.45, 2.75) is 58.0 Å². The maximum Gasteiger partial charge on any atom is 0.319 e. The second-order valence-corrected chi connectivity index (χ2v) is 6.16. The number of urea groups is 1. The van der Waals surface area contributed by atoms with E-state index in [1.807, 2.05) is 6.92 Å². The largest absolute Gasteiger partial charge is 0.396 e. The zero-order valence-electron chi connectivity index (χ0n) is 13.8. The summed E-state index contributed by atoms with van der Waals surface area (Å²) < 4.78 is 1.54. The van der Waals surface area contributed by atoms with Gasteiger partial charge in [0.1, 0.15) is 0 Å². The Bertz CT molecular complexity index is 564. The van der Waals surface area contributed by atoms with Crippen LogP contribution in [0.25, 0.3) is 0 Å². The summed E-state index contributed by atoms with van der Waals surface area (Å²) >= 11 is 0. The highest BCUT2D eigenvalue weighted by atomic mass is 16.3. The third-order valence-corrected chi connectivity index (χ3v) is 4.56. The first kappa shape index (κ1) is 17.5. The molecule has 6 nitrogen and oxygen atoms in total. The quantitative estimate of drug-likeness (QED) is 0.752. The molecule has 0 spiro atoms. The number of hydrogen-bond acceptors (Lipinski definition) is 3. The molecule has 1 fully saturated rings. The van der Waals surface area contributed by atoms with Gasteiger partial charge >= 0.3 is 6.03 Å². The molecule has 1 aliphatic rings. The molecule has 1 atom stereocenters. The lowest BCUT2D eigenvalue weighted by Crippen LogP contribution is -2.43. The van der Waals surface area contributed by atoms with Crippen molar-refractivity contribution >= 4 is 11.7 Å². The summed E-state index contributed by atoms with van der Waals surface area (Å²) in [6.07, 6.45) is 8.06. The van der Waals surface area contributed by atoms with Gasteiger partial charge in [-0.25, -0.2) is 4.79 Å². The highest BCUT2D eigenvalue weighted by Crippen LogP contribution is 2.27. The van der Waals surface area contributed by atoms with Gasteiger partial charge in [-0.2, -0.15) is 0 Å². The summed E-state index contributed by atoms with van der Waals surface area (Å²) in [6.45, 7) is 2.51. The van der Waals surface area contributed by atoms with Crippen LogP contribution in [0, 0.1) is 5.92 Å². The summed E-state index contributed by atoms with van der Waals surface area (Å²) in [6, 6.07) is 2.77. The zero-order valence-corrected chi connectivity index (χ0v) is 13.8. The van der Waals surface area contributed by atoms with Crippen LogP contribution in [-0.2, 0) is 6.54 Å². The number of pyridine rings is 1. The molecular weight excluding hydrogens is 294 g/mol. The second kappa shape index (κ2) is 8.72. The first-order valence-electron chi connectivity index (χ1n) is 8.53. The van der Waals surface area contributed by atoms with Crippen LogP contribution in [0.3, 0.4) is 0 Å². The fourth-order valence-corrected chi connectivity index (χ4v) is 3.29. The maximum absolute atomic E-state index is 12.2. The summed E-state index contributed by atoms with van der Waals surface area (Å²) in [5, 5.41) is 15.0. The average molecular weight is 321 g/mol. The molecule has 128 valence electrons. The van der Waals surface area contributed by atoms with Gasteiger partial charge in [0.25, 0.3) is 5.56 Å². The minimum Gasteiger partial charge on any atom is -0.396 e. The molecule has 1 heterocycles. The van der Waals surface area contributed by atoms with Crippen molar-refractivity contribution < 1.29 is 9.90 Å². The number of carbonyl (C=O) groups is 1. The van der Waals surface area contributed by atoms with E-state index in [9.17, 15) is 14.7 Å². The fraction of sp³-hybridized carbons (Fsp3) is 0.647. The highest BCUT2D eigenvalue weighted by Gasteiger charge is 2.24. The van der Waals surface area contributed by atoms with Gasteiger partial charge in [0.15, 0.2) is 0 Å². The molecule has 0 bridgehead atoms. The van der Waals surface area contributed by atoms with Crippen molar-refractivity contribution in [1.29, 1.82) is 0 Å². The molecule has 2 rings (SSSR count). The molecule has 23 heavy (non-hydrogen) atoms. The summed E-state index contributed by atoms with van der Waals surface area (Å²) in [4.78, 5) is 23.8. The van der Waals surface area contributed by atoms with Gasteiger partial charge in [-0.05, 0) is 38.2 Å². The van der Waals surface area contributed by atoms with E-state index in [2.05, 4.69) is 10.6 Å².